The molecule has 23 heavy (non-hydrogen) atoms. The van der Waals surface area contributed by atoms with Gasteiger partial charge in [0.2, 0.25) is 5.95 Å². The van der Waals surface area contributed by atoms with E-state index in [0.29, 0.717) is 23.7 Å². The van der Waals surface area contributed by atoms with Gasteiger partial charge in [-0.3, -0.25) is 13.9 Å². The Morgan fingerprint density at radius 2 is 1.87 bits per heavy atom. The van der Waals surface area contributed by atoms with E-state index in [-0.39, 0.29) is 11.5 Å². The summed E-state index contributed by atoms with van der Waals surface area (Å²) in [5.41, 5.74) is 1.13. The third kappa shape index (κ3) is 2.65. The highest BCUT2D eigenvalue weighted by Crippen LogP contribution is 2.15. The van der Waals surface area contributed by atoms with Crippen molar-refractivity contribution in [2.75, 3.05) is 11.9 Å². The van der Waals surface area contributed by atoms with Crippen molar-refractivity contribution in [1.82, 2.24) is 19.1 Å². The first kappa shape index (κ1) is 15.1. The molecule has 0 aliphatic carbocycles. The van der Waals surface area contributed by atoms with Crippen LogP contribution in [0.3, 0.4) is 0 Å². The van der Waals surface area contributed by atoms with Gasteiger partial charge in [-0.05, 0) is 11.5 Å². The lowest BCUT2D eigenvalue weighted by atomic mass is 10.0. The quantitative estimate of drug-likeness (QED) is 0.757. The molecule has 0 saturated heterocycles. The van der Waals surface area contributed by atoms with Crippen LogP contribution in [0.1, 0.15) is 18.4 Å². The second-order valence-corrected chi connectivity index (χ2v) is 5.68. The smallest absolute Gasteiger partial charge is 0.332 e. The van der Waals surface area contributed by atoms with Gasteiger partial charge in [0, 0.05) is 20.6 Å². The molecule has 0 saturated carbocycles. The van der Waals surface area contributed by atoms with Gasteiger partial charge in [-0.2, -0.15) is 4.98 Å². The number of aromatic amines is 1. The van der Waals surface area contributed by atoms with Crippen molar-refractivity contribution in [2.24, 2.45) is 14.1 Å². The maximum atomic E-state index is 12.1. The Bertz CT molecular complexity index is 952. The Hall–Kier alpha value is -2.83. The van der Waals surface area contributed by atoms with Gasteiger partial charge in [-0.25, -0.2) is 4.79 Å². The van der Waals surface area contributed by atoms with Crippen LogP contribution in [-0.2, 0) is 14.1 Å². The number of benzene rings is 1. The fourth-order valence-corrected chi connectivity index (χ4v) is 2.56. The van der Waals surface area contributed by atoms with E-state index in [1.54, 1.807) is 7.05 Å². The van der Waals surface area contributed by atoms with E-state index >= 15 is 0 Å². The lowest BCUT2D eigenvalue weighted by molar-refractivity contribution is 0.709. The van der Waals surface area contributed by atoms with Crippen molar-refractivity contribution in [3.05, 3.63) is 56.7 Å². The largest absolute Gasteiger partial charge is 0.355 e. The number of anilines is 1. The Balaban J connectivity index is 1.88. The maximum Gasteiger partial charge on any atom is 0.332 e. The Morgan fingerprint density at radius 3 is 2.57 bits per heavy atom. The van der Waals surface area contributed by atoms with Gasteiger partial charge in [0.15, 0.2) is 11.2 Å². The average Bonchev–Trinajstić information content (AvgIpc) is 3.01. The number of aryl methyl sites for hydroxylation is 1. The summed E-state index contributed by atoms with van der Waals surface area (Å²) in [6, 6.07) is 10.1. The molecule has 1 atom stereocenters. The molecule has 120 valence electrons. The lowest BCUT2D eigenvalue weighted by Crippen LogP contribution is -2.36. The summed E-state index contributed by atoms with van der Waals surface area (Å²) in [6.45, 7) is 2.78. The van der Waals surface area contributed by atoms with Crippen molar-refractivity contribution in [1.29, 1.82) is 0 Å². The van der Waals surface area contributed by atoms with Crippen LogP contribution in [0.2, 0.25) is 0 Å². The first-order valence-corrected chi connectivity index (χ1v) is 7.43. The summed E-state index contributed by atoms with van der Waals surface area (Å²) in [6.07, 6.45) is 0. The van der Waals surface area contributed by atoms with Gasteiger partial charge < -0.3 is 10.3 Å². The predicted molar refractivity (Wildman–Crippen MR) is 89.9 cm³/mol. The van der Waals surface area contributed by atoms with E-state index in [1.807, 2.05) is 18.2 Å². The minimum absolute atomic E-state index is 0.288. The molecule has 2 heterocycles. The zero-order valence-corrected chi connectivity index (χ0v) is 13.3. The van der Waals surface area contributed by atoms with Crippen LogP contribution in [0.5, 0.6) is 0 Å². The summed E-state index contributed by atoms with van der Waals surface area (Å²) in [4.78, 5) is 31.3. The summed E-state index contributed by atoms with van der Waals surface area (Å²) >= 11 is 0. The molecule has 0 spiro atoms. The zero-order chi connectivity index (χ0) is 16.6. The highest BCUT2D eigenvalue weighted by molar-refractivity contribution is 5.72. The molecule has 0 bridgehead atoms. The molecule has 7 heteroatoms. The number of hydrogen-bond donors (Lipinski definition) is 2. The van der Waals surface area contributed by atoms with Gasteiger partial charge >= 0.3 is 5.69 Å². The molecule has 1 aromatic carbocycles. The van der Waals surface area contributed by atoms with E-state index in [4.69, 9.17) is 0 Å². The van der Waals surface area contributed by atoms with Gasteiger partial charge in [0.1, 0.15) is 0 Å². The molecule has 0 aliphatic rings. The van der Waals surface area contributed by atoms with Crippen LogP contribution in [0.15, 0.2) is 39.9 Å². The van der Waals surface area contributed by atoms with E-state index in [1.165, 1.54) is 17.2 Å². The minimum Gasteiger partial charge on any atom is -0.355 e. The molecule has 7 nitrogen and oxygen atoms in total. The Labute approximate surface area is 132 Å². The fraction of sp³-hybridized carbons (Fsp3) is 0.312. The Morgan fingerprint density at radius 1 is 1.17 bits per heavy atom. The number of imidazole rings is 1. The second-order valence-electron chi connectivity index (χ2n) is 5.68. The minimum atomic E-state index is -0.391. The number of aromatic nitrogens is 4. The van der Waals surface area contributed by atoms with Crippen LogP contribution >= 0.6 is 0 Å². The van der Waals surface area contributed by atoms with Crippen LogP contribution in [0.25, 0.3) is 11.2 Å². The van der Waals surface area contributed by atoms with Crippen molar-refractivity contribution in [2.45, 2.75) is 12.8 Å². The van der Waals surface area contributed by atoms with Crippen LogP contribution in [-0.4, -0.2) is 25.6 Å². The van der Waals surface area contributed by atoms with E-state index in [2.05, 4.69) is 34.3 Å². The average molecular weight is 313 g/mol. The number of nitrogens with zero attached hydrogens (tertiary/aromatic N) is 3. The highest BCUT2D eigenvalue weighted by atomic mass is 16.2. The number of fused-ring (bicyclic) bond motifs is 1. The molecule has 0 radical (unpaired) electrons. The fourth-order valence-electron chi connectivity index (χ4n) is 2.56. The molecule has 0 aliphatic heterocycles. The summed E-state index contributed by atoms with van der Waals surface area (Å²) in [5, 5.41) is 3.20. The molecule has 0 amide bonds. The topological polar surface area (TPSA) is 84.7 Å². The van der Waals surface area contributed by atoms with E-state index in [9.17, 15) is 9.59 Å². The van der Waals surface area contributed by atoms with Crippen molar-refractivity contribution < 1.29 is 0 Å². The van der Waals surface area contributed by atoms with Gasteiger partial charge in [-0.15, -0.1) is 0 Å². The molecule has 2 N–H and O–H groups in total. The lowest BCUT2D eigenvalue weighted by Gasteiger charge is -2.12. The van der Waals surface area contributed by atoms with Gasteiger partial charge in [0.25, 0.3) is 5.56 Å². The van der Waals surface area contributed by atoms with Crippen LogP contribution in [0.4, 0.5) is 5.95 Å². The molecule has 0 fully saturated rings. The first-order chi connectivity index (χ1) is 11.0. The monoisotopic (exact) mass is 313 g/mol. The number of nitrogens with one attached hydrogen (secondary N) is 2. The third-order valence-electron chi connectivity index (χ3n) is 4.04. The number of rotatable bonds is 4. The molecule has 3 rings (SSSR count). The second kappa shape index (κ2) is 5.75. The van der Waals surface area contributed by atoms with E-state index < -0.39 is 5.69 Å². The van der Waals surface area contributed by atoms with E-state index in [0.717, 1.165) is 4.57 Å². The van der Waals surface area contributed by atoms with Crippen LogP contribution in [0, 0.1) is 0 Å². The van der Waals surface area contributed by atoms with Crippen molar-refractivity contribution >= 4 is 17.1 Å². The number of H-pyrrole nitrogens is 1. The van der Waals surface area contributed by atoms with Crippen molar-refractivity contribution in [3.63, 3.8) is 0 Å². The first-order valence-electron chi connectivity index (χ1n) is 7.43. The zero-order valence-electron chi connectivity index (χ0n) is 13.3. The van der Waals surface area contributed by atoms with Gasteiger partial charge in [0.05, 0.1) is 0 Å². The summed E-state index contributed by atoms with van der Waals surface area (Å²) in [5.74, 6) is 0.775. The standard InChI is InChI=1S/C16H19N5O2/c1-10(11-7-5-4-6-8-11)9-17-15-18-12-13(19-15)20(2)16(23)21(3)14(12)22/h4-8,10H,9H2,1-3H3,(H2,17,18,19). The third-order valence-corrected chi connectivity index (χ3v) is 4.04. The normalized spacial score (nSPS) is 12.5. The summed E-state index contributed by atoms with van der Waals surface area (Å²) < 4.78 is 2.43. The van der Waals surface area contributed by atoms with Gasteiger partial charge in [-0.1, -0.05) is 37.3 Å². The molecular formula is C16H19N5O2. The molecule has 2 aromatic heterocycles. The SMILES string of the molecule is CC(CNc1nc2c([nH]1)c(=O)n(C)c(=O)n2C)c1ccccc1. The molecule has 1 unspecified atom stereocenters. The van der Waals surface area contributed by atoms with Crippen LogP contribution < -0.4 is 16.6 Å². The predicted octanol–water partition coefficient (Wildman–Crippen LogP) is 1.18. The number of hydrogen-bond acceptors (Lipinski definition) is 4. The maximum absolute atomic E-state index is 12.1. The molecule has 3 aromatic rings. The summed E-state index contributed by atoms with van der Waals surface area (Å²) in [7, 11) is 3.05. The van der Waals surface area contributed by atoms with Crippen molar-refractivity contribution in [3.8, 4) is 0 Å². The Kier molecular flexibility index (Phi) is 3.77. The molecular weight excluding hydrogens is 294 g/mol. The highest BCUT2D eigenvalue weighted by Gasteiger charge is 2.14.